The molecule has 1 amide bonds. The predicted molar refractivity (Wildman–Crippen MR) is 111 cm³/mol. The number of morpholine rings is 1. The molecule has 0 spiro atoms. The van der Waals surface area contributed by atoms with Crippen molar-refractivity contribution in [2.45, 2.75) is 50.3 Å². The molecule has 3 aliphatic heterocycles. The lowest BCUT2D eigenvalue weighted by Crippen LogP contribution is -2.40. The molecule has 8 heteroatoms. The van der Waals surface area contributed by atoms with Crippen LogP contribution in [0.1, 0.15) is 43.4 Å². The van der Waals surface area contributed by atoms with Crippen molar-refractivity contribution in [1.82, 2.24) is 9.88 Å². The van der Waals surface area contributed by atoms with Crippen LogP contribution >= 0.6 is 11.8 Å². The van der Waals surface area contributed by atoms with Crippen LogP contribution in [0.3, 0.4) is 0 Å². The quantitative estimate of drug-likeness (QED) is 0.697. The third kappa shape index (κ3) is 4.37. The fourth-order valence-electron chi connectivity index (χ4n) is 4.17. The fraction of sp³-hybridized carbons (Fsp3) is 0.667. The molecule has 0 atom stereocenters. The third-order valence-electron chi connectivity index (χ3n) is 5.78. The number of carbonyl (C=O) groups is 1. The number of nitriles is 1. The summed E-state index contributed by atoms with van der Waals surface area (Å²) in [5, 5.41) is 10.6. The van der Waals surface area contributed by atoms with E-state index in [-0.39, 0.29) is 11.5 Å². The van der Waals surface area contributed by atoms with Crippen LogP contribution in [-0.2, 0) is 27.3 Å². The highest BCUT2D eigenvalue weighted by Crippen LogP contribution is 2.38. The van der Waals surface area contributed by atoms with Gasteiger partial charge < -0.3 is 19.3 Å². The number of nitrogens with zero attached hydrogens (tertiary/aromatic N) is 4. The van der Waals surface area contributed by atoms with Crippen molar-refractivity contribution in [1.29, 1.82) is 5.26 Å². The number of thioether (sulfide) groups is 1. The summed E-state index contributed by atoms with van der Waals surface area (Å²) in [6, 6.07) is 2.38. The van der Waals surface area contributed by atoms with Crippen LogP contribution in [0.5, 0.6) is 0 Å². The number of rotatable bonds is 4. The van der Waals surface area contributed by atoms with Gasteiger partial charge in [-0.3, -0.25) is 4.79 Å². The Labute approximate surface area is 176 Å². The third-order valence-corrected chi connectivity index (χ3v) is 6.74. The van der Waals surface area contributed by atoms with Crippen molar-refractivity contribution in [2.24, 2.45) is 0 Å². The van der Waals surface area contributed by atoms with E-state index < -0.39 is 0 Å². The van der Waals surface area contributed by atoms with Gasteiger partial charge in [-0.15, -0.1) is 0 Å². The molecule has 4 rings (SSSR count). The Morgan fingerprint density at radius 1 is 1.21 bits per heavy atom. The van der Waals surface area contributed by atoms with Crippen LogP contribution in [0.15, 0.2) is 5.03 Å². The number of pyridine rings is 1. The Hall–Kier alpha value is -1.82. The van der Waals surface area contributed by atoms with E-state index in [0.717, 1.165) is 56.0 Å². The van der Waals surface area contributed by atoms with Crippen LogP contribution in [0.4, 0.5) is 5.82 Å². The van der Waals surface area contributed by atoms with Crippen molar-refractivity contribution in [3.63, 3.8) is 0 Å². The smallest absolute Gasteiger partial charge is 0.232 e. The second kappa shape index (κ2) is 8.50. The van der Waals surface area contributed by atoms with Crippen LogP contribution in [0.25, 0.3) is 0 Å². The molecule has 156 valence electrons. The van der Waals surface area contributed by atoms with E-state index in [0.29, 0.717) is 42.6 Å². The zero-order valence-electron chi connectivity index (χ0n) is 17.2. The van der Waals surface area contributed by atoms with Gasteiger partial charge >= 0.3 is 0 Å². The van der Waals surface area contributed by atoms with E-state index in [1.54, 1.807) is 0 Å². The molecule has 3 aliphatic rings. The van der Waals surface area contributed by atoms with Gasteiger partial charge in [-0.25, -0.2) is 4.98 Å². The molecule has 0 unspecified atom stereocenters. The summed E-state index contributed by atoms with van der Waals surface area (Å²) in [6.07, 6.45) is 2.82. The largest absolute Gasteiger partial charge is 0.378 e. The Morgan fingerprint density at radius 3 is 2.62 bits per heavy atom. The molecule has 0 bridgehead atoms. The minimum atomic E-state index is -0.324. The first kappa shape index (κ1) is 20.5. The molecule has 0 aliphatic carbocycles. The summed E-state index contributed by atoms with van der Waals surface area (Å²) in [7, 11) is 0. The van der Waals surface area contributed by atoms with Gasteiger partial charge in [0.1, 0.15) is 16.9 Å². The molecular formula is C21H28N4O3S. The zero-order valence-corrected chi connectivity index (χ0v) is 18.0. The number of hydrogen-bond donors (Lipinski definition) is 0. The van der Waals surface area contributed by atoms with E-state index in [1.165, 1.54) is 11.8 Å². The minimum Gasteiger partial charge on any atom is -0.378 e. The molecule has 0 aromatic carbocycles. The summed E-state index contributed by atoms with van der Waals surface area (Å²) in [5.74, 6) is 1.34. The van der Waals surface area contributed by atoms with Crippen molar-refractivity contribution in [3.05, 3.63) is 16.7 Å². The number of aromatic nitrogens is 1. The summed E-state index contributed by atoms with van der Waals surface area (Å²) < 4.78 is 11.6. The topological polar surface area (TPSA) is 78.7 Å². The second-order valence-corrected chi connectivity index (χ2v) is 9.35. The van der Waals surface area contributed by atoms with Gasteiger partial charge in [0.05, 0.1) is 36.7 Å². The normalized spacial score (nSPS) is 21.0. The van der Waals surface area contributed by atoms with Gasteiger partial charge in [0, 0.05) is 38.2 Å². The van der Waals surface area contributed by atoms with Crippen LogP contribution < -0.4 is 4.90 Å². The van der Waals surface area contributed by atoms with Gasteiger partial charge in [-0.1, -0.05) is 11.8 Å². The molecule has 0 radical (unpaired) electrons. The van der Waals surface area contributed by atoms with Crippen LogP contribution in [0.2, 0.25) is 0 Å². The van der Waals surface area contributed by atoms with E-state index in [2.05, 4.69) is 24.8 Å². The van der Waals surface area contributed by atoms with Gasteiger partial charge in [-0.2, -0.15) is 5.26 Å². The molecule has 0 N–H and O–H groups in total. The Kier molecular flexibility index (Phi) is 6.00. The standard InChI is InChI=1S/C21H28N4O3S/c1-21(2)11-15-16(12-22)20(29-14-18(26)24-5-3-4-6-24)23-19(17(15)13-28-21)25-7-9-27-10-8-25/h3-11,13-14H2,1-2H3. The molecule has 1 aromatic rings. The molecule has 4 heterocycles. The molecule has 2 fully saturated rings. The summed E-state index contributed by atoms with van der Waals surface area (Å²) in [6.45, 7) is 9.10. The highest BCUT2D eigenvalue weighted by molar-refractivity contribution is 8.00. The van der Waals surface area contributed by atoms with Crippen molar-refractivity contribution < 1.29 is 14.3 Å². The first-order chi connectivity index (χ1) is 14.0. The van der Waals surface area contributed by atoms with E-state index in [1.807, 2.05) is 4.90 Å². The van der Waals surface area contributed by atoms with Gasteiger partial charge in [0.15, 0.2) is 0 Å². The predicted octanol–water partition coefficient (Wildman–Crippen LogP) is 2.36. The highest BCUT2D eigenvalue weighted by Gasteiger charge is 2.33. The Morgan fingerprint density at radius 2 is 1.93 bits per heavy atom. The summed E-state index contributed by atoms with van der Waals surface area (Å²) in [5.41, 5.74) is 2.32. The average molecular weight is 417 g/mol. The van der Waals surface area contributed by atoms with Crippen LogP contribution in [-0.4, -0.2) is 66.5 Å². The summed E-state index contributed by atoms with van der Waals surface area (Å²) >= 11 is 1.39. The van der Waals surface area contributed by atoms with Crippen molar-refractivity contribution >= 4 is 23.5 Å². The molecule has 0 saturated carbocycles. The maximum atomic E-state index is 12.5. The minimum absolute atomic E-state index is 0.132. The number of hydrogen-bond acceptors (Lipinski definition) is 7. The SMILES string of the molecule is CC1(C)Cc2c(C#N)c(SCC(=O)N3CCCC3)nc(N3CCOCC3)c2CO1. The average Bonchev–Trinajstić information content (AvgIpc) is 3.26. The van der Waals surface area contributed by atoms with Crippen molar-refractivity contribution in [2.75, 3.05) is 50.0 Å². The number of carbonyl (C=O) groups excluding carboxylic acids is 1. The summed E-state index contributed by atoms with van der Waals surface area (Å²) in [4.78, 5) is 21.6. The fourth-order valence-corrected chi connectivity index (χ4v) is 5.08. The van der Waals surface area contributed by atoms with Crippen LogP contribution in [0, 0.1) is 11.3 Å². The van der Waals surface area contributed by atoms with Gasteiger partial charge in [0.2, 0.25) is 5.91 Å². The van der Waals surface area contributed by atoms with Gasteiger partial charge in [-0.05, 0) is 32.3 Å². The maximum Gasteiger partial charge on any atom is 0.232 e. The van der Waals surface area contributed by atoms with Gasteiger partial charge in [0.25, 0.3) is 0 Å². The molecular weight excluding hydrogens is 388 g/mol. The lowest BCUT2D eigenvalue weighted by Gasteiger charge is -2.37. The second-order valence-electron chi connectivity index (χ2n) is 8.39. The number of ether oxygens (including phenoxy) is 2. The first-order valence-corrected chi connectivity index (χ1v) is 11.3. The van der Waals surface area contributed by atoms with E-state index >= 15 is 0 Å². The lowest BCUT2D eigenvalue weighted by molar-refractivity contribution is -0.127. The van der Waals surface area contributed by atoms with Crippen molar-refractivity contribution in [3.8, 4) is 6.07 Å². The monoisotopic (exact) mass is 416 g/mol. The Bertz CT molecular complexity index is 824. The molecule has 2 saturated heterocycles. The number of anilines is 1. The maximum absolute atomic E-state index is 12.5. The number of fused-ring (bicyclic) bond motifs is 1. The molecule has 7 nitrogen and oxygen atoms in total. The lowest BCUT2D eigenvalue weighted by atomic mass is 9.89. The zero-order chi connectivity index (χ0) is 20.4. The van der Waals surface area contributed by atoms with E-state index in [9.17, 15) is 10.1 Å². The molecule has 1 aromatic heterocycles. The van der Waals surface area contributed by atoms with E-state index in [4.69, 9.17) is 14.5 Å². The highest BCUT2D eigenvalue weighted by atomic mass is 32.2. The Balaban J connectivity index is 1.67. The first-order valence-electron chi connectivity index (χ1n) is 10.3. The number of likely N-dealkylation sites (tertiary alicyclic amines) is 1. The number of amides is 1. The molecule has 29 heavy (non-hydrogen) atoms.